The van der Waals surface area contributed by atoms with E-state index >= 15 is 0 Å². The van der Waals surface area contributed by atoms with Crippen molar-refractivity contribution in [1.82, 2.24) is 14.7 Å². The molecule has 48 heavy (non-hydrogen) atoms. The molecule has 4 atom stereocenters. The van der Waals surface area contributed by atoms with Gasteiger partial charge in [0.15, 0.2) is 6.61 Å². The quantitative estimate of drug-likeness (QED) is 0.167. The molecule has 0 saturated carbocycles. The van der Waals surface area contributed by atoms with Gasteiger partial charge >= 0.3 is 5.97 Å². The summed E-state index contributed by atoms with van der Waals surface area (Å²) in [6.45, 7) is 18.4. The summed E-state index contributed by atoms with van der Waals surface area (Å²) in [6.07, 6.45) is 1.71. The van der Waals surface area contributed by atoms with Gasteiger partial charge in [-0.25, -0.2) is 4.79 Å². The van der Waals surface area contributed by atoms with Crippen molar-refractivity contribution in [2.75, 3.05) is 19.7 Å². The predicted molar refractivity (Wildman–Crippen MR) is 189 cm³/mol. The lowest BCUT2D eigenvalue weighted by Crippen LogP contribution is -2.48. The number of carbonyl (C=O) groups is 1. The molecule has 7 nitrogen and oxygen atoms in total. The summed E-state index contributed by atoms with van der Waals surface area (Å²) in [5.74, 6) is 0.00403. The fourth-order valence-corrected chi connectivity index (χ4v) is 7.67. The number of rotatable bonds is 11. The Balaban J connectivity index is 1.23. The highest BCUT2D eigenvalue weighted by atomic mass is 16.5. The number of fused-ring (bicyclic) bond motifs is 1. The number of hydrogen-bond donors (Lipinski definition) is 1. The van der Waals surface area contributed by atoms with Crippen LogP contribution in [-0.4, -0.2) is 51.6 Å². The van der Waals surface area contributed by atoms with Crippen molar-refractivity contribution in [2.45, 2.75) is 78.2 Å². The van der Waals surface area contributed by atoms with E-state index in [2.05, 4.69) is 111 Å². The largest absolute Gasteiger partial charge is 0.482 e. The van der Waals surface area contributed by atoms with Crippen molar-refractivity contribution in [3.8, 4) is 5.75 Å². The number of aromatic nitrogens is 2. The molecule has 3 aromatic carbocycles. The van der Waals surface area contributed by atoms with E-state index in [0.29, 0.717) is 11.7 Å². The molecule has 0 spiro atoms. The van der Waals surface area contributed by atoms with E-state index < -0.39 is 12.6 Å². The maximum atomic E-state index is 11.5. The number of carboxylic acids is 1. The highest BCUT2D eigenvalue weighted by molar-refractivity contribution is 5.68. The molecule has 2 fully saturated rings. The number of hydrogen-bond acceptors (Lipinski definition) is 5. The normalized spacial score (nSPS) is 21.4. The summed E-state index contributed by atoms with van der Waals surface area (Å²) in [4.78, 5) is 14.1. The maximum absolute atomic E-state index is 11.5. The van der Waals surface area contributed by atoms with Crippen LogP contribution >= 0.6 is 0 Å². The summed E-state index contributed by atoms with van der Waals surface area (Å²) in [5.41, 5.74) is 8.93. The van der Waals surface area contributed by atoms with Gasteiger partial charge in [-0.15, -0.1) is 0 Å². The fraction of sp³-hybridized carbons (Fsp3) is 0.415. The summed E-state index contributed by atoms with van der Waals surface area (Å²) in [5, 5.41) is 14.4. The van der Waals surface area contributed by atoms with E-state index in [1.54, 1.807) is 0 Å². The molecule has 4 aromatic rings. The van der Waals surface area contributed by atoms with Crippen LogP contribution in [0.1, 0.15) is 78.9 Å². The van der Waals surface area contributed by atoms with Crippen molar-refractivity contribution in [3.05, 3.63) is 130 Å². The molecule has 0 bridgehead atoms. The van der Waals surface area contributed by atoms with Crippen LogP contribution in [0, 0.1) is 25.7 Å². The van der Waals surface area contributed by atoms with Crippen molar-refractivity contribution in [2.24, 2.45) is 11.8 Å². The van der Waals surface area contributed by atoms with Gasteiger partial charge in [-0.3, -0.25) is 9.58 Å². The lowest BCUT2D eigenvalue weighted by Gasteiger charge is -2.47. The van der Waals surface area contributed by atoms with Gasteiger partial charge in [0, 0.05) is 47.8 Å². The van der Waals surface area contributed by atoms with E-state index in [1.807, 2.05) is 18.2 Å². The average Bonchev–Trinajstić information content (AvgIpc) is 3.34. The minimum atomic E-state index is -1.00. The zero-order valence-electron chi connectivity index (χ0n) is 29.0. The zero-order chi connectivity index (χ0) is 34.0. The molecule has 1 aromatic heterocycles. The monoisotopic (exact) mass is 647 g/mol. The number of ether oxygens (including phenoxy) is 2. The second-order valence-corrected chi connectivity index (χ2v) is 14.3. The van der Waals surface area contributed by atoms with Gasteiger partial charge in [-0.1, -0.05) is 92.7 Å². The van der Waals surface area contributed by atoms with E-state index in [-0.39, 0.29) is 23.5 Å². The first-order valence-corrected chi connectivity index (χ1v) is 17.2. The molecule has 0 radical (unpaired) electrons. The summed E-state index contributed by atoms with van der Waals surface area (Å²) in [6, 6.07) is 27.1. The molecule has 6 rings (SSSR count). The first-order chi connectivity index (χ1) is 23.0. The number of carboxylic acid groups (broad SMARTS) is 1. The number of nitrogens with zero attached hydrogens (tertiary/aromatic N) is 3. The Kier molecular flexibility index (Phi) is 9.90. The Morgan fingerprint density at radius 3 is 2.42 bits per heavy atom. The van der Waals surface area contributed by atoms with E-state index in [0.717, 1.165) is 61.4 Å². The minimum Gasteiger partial charge on any atom is -0.482 e. The Labute approximate surface area is 285 Å². The first kappa shape index (κ1) is 33.7. The topological polar surface area (TPSA) is 76.8 Å². The van der Waals surface area contributed by atoms with E-state index in [4.69, 9.17) is 14.6 Å². The van der Waals surface area contributed by atoms with Crippen LogP contribution in [0.4, 0.5) is 0 Å². The van der Waals surface area contributed by atoms with Crippen molar-refractivity contribution in [3.63, 3.8) is 0 Å². The molecule has 2 aliphatic rings. The second-order valence-electron chi connectivity index (χ2n) is 14.3. The van der Waals surface area contributed by atoms with Crippen molar-refractivity contribution in [1.29, 1.82) is 0 Å². The Morgan fingerprint density at radius 2 is 1.73 bits per heavy atom. The van der Waals surface area contributed by atoms with Crippen LogP contribution in [0.25, 0.3) is 0 Å². The van der Waals surface area contributed by atoms with Crippen LogP contribution < -0.4 is 4.74 Å². The molecule has 0 unspecified atom stereocenters. The Morgan fingerprint density at radius 1 is 1.02 bits per heavy atom. The van der Waals surface area contributed by atoms with Crippen LogP contribution in [0.2, 0.25) is 0 Å². The molecular weight excluding hydrogens is 598 g/mol. The van der Waals surface area contributed by atoms with E-state index in [1.165, 1.54) is 22.4 Å². The number of likely N-dealkylation sites (tertiary alicyclic amines) is 1. The molecule has 3 heterocycles. The third kappa shape index (κ3) is 7.13. The first-order valence-electron chi connectivity index (χ1n) is 17.2. The molecule has 2 aliphatic heterocycles. The van der Waals surface area contributed by atoms with Gasteiger partial charge in [-0.05, 0) is 68.4 Å². The second kappa shape index (κ2) is 14.1. The highest BCUT2D eigenvalue weighted by Gasteiger charge is 2.43. The number of aryl methyl sites for hydroxylation is 1. The Hall–Kier alpha value is -4.20. The number of benzene rings is 3. The molecule has 2 saturated heterocycles. The predicted octanol–water partition coefficient (Wildman–Crippen LogP) is 7.88. The number of aliphatic carboxylic acids is 1. The lowest BCUT2D eigenvalue weighted by atomic mass is 9.74. The summed E-state index contributed by atoms with van der Waals surface area (Å²) >= 11 is 0. The standard InChI is InChI=1S/C41H49N3O4/c1-27(2)34-21-31-24-43(25-36-28(3)42-44(29(36)4)23-30-13-9-7-10-14-30)20-19-37(31)48-40(34)35-22-33(17-18-38(35)47-26-39(45)46)41(5,6)32-15-11-8-12-16-32/h7-18,22,31,34,37,40H,1,19-21,23-26H2,2-6H3,(H,45,46)/t31-,34-,37+,40+/m1/s1. The number of piperidine rings is 1. The molecular formula is C41H49N3O4. The van der Waals surface area contributed by atoms with Crippen LogP contribution in [0.5, 0.6) is 5.75 Å². The van der Waals surface area contributed by atoms with Gasteiger partial charge in [0.05, 0.1) is 24.4 Å². The van der Waals surface area contributed by atoms with Gasteiger partial charge < -0.3 is 14.6 Å². The van der Waals surface area contributed by atoms with Gasteiger partial charge in [0.1, 0.15) is 5.75 Å². The lowest BCUT2D eigenvalue weighted by molar-refractivity contribution is -0.140. The molecule has 252 valence electrons. The van der Waals surface area contributed by atoms with Crippen LogP contribution in [0.3, 0.4) is 0 Å². The SMILES string of the molecule is C=C(C)[C@H]1C[C@@H]2CN(Cc3c(C)nn(Cc4ccccc4)c3C)CC[C@@H]2O[C@@H]1c1cc(C(C)(C)c2ccccc2)ccc1OCC(=O)O. The maximum Gasteiger partial charge on any atom is 0.341 e. The highest BCUT2D eigenvalue weighted by Crippen LogP contribution is 2.48. The molecule has 7 heteroatoms. The molecule has 0 amide bonds. The van der Waals surface area contributed by atoms with Gasteiger partial charge in [-0.2, -0.15) is 5.10 Å². The van der Waals surface area contributed by atoms with Gasteiger partial charge in [0.2, 0.25) is 0 Å². The zero-order valence-corrected chi connectivity index (χ0v) is 29.0. The molecule has 0 aliphatic carbocycles. The Bertz CT molecular complexity index is 1750. The van der Waals surface area contributed by atoms with Crippen molar-refractivity contribution >= 4 is 5.97 Å². The third-order valence-electron chi connectivity index (χ3n) is 10.6. The van der Waals surface area contributed by atoms with Crippen LogP contribution in [-0.2, 0) is 28.0 Å². The third-order valence-corrected chi connectivity index (χ3v) is 10.6. The van der Waals surface area contributed by atoms with E-state index in [9.17, 15) is 9.90 Å². The average molecular weight is 648 g/mol. The minimum absolute atomic E-state index is 0.0746. The smallest absolute Gasteiger partial charge is 0.341 e. The van der Waals surface area contributed by atoms with Crippen molar-refractivity contribution < 1.29 is 19.4 Å². The summed E-state index contributed by atoms with van der Waals surface area (Å²) in [7, 11) is 0. The van der Waals surface area contributed by atoms with Crippen LogP contribution in [0.15, 0.2) is 91.0 Å². The van der Waals surface area contributed by atoms with Gasteiger partial charge in [0.25, 0.3) is 0 Å². The fourth-order valence-electron chi connectivity index (χ4n) is 7.67. The molecule has 1 N–H and O–H groups in total. The summed E-state index contributed by atoms with van der Waals surface area (Å²) < 4.78 is 15.1.